The molecule has 0 radical (unpaired) electrons. The predicted octanol–water partition coefficient (Wildman–Crippen LogP) is 7.82. The number of rotatable bonds is 12. The van der Waals surface area contributed by atoms with E-state index in [9.17, 15) is 31.4 Å². The molecule has 0 fully saturated rings. The van der Waals surface area contributed by atoms with E-state index in [-0.39, 0.29) is 18.2 Å². The average Bonchev–Trinajstić information content (AvgIpc) is 2.84. The van der Waals surface area contributed by atoms with Gasteiger partial charge in [0.1, 0.15) is 5.75 Å². The first-order valence-corrected chi connectivity index (χ1v) is 12.7. The number of hydrogen-bond acceptors (Lipinski definition) is 3. The summed E-state index contributed by atoms with van der Waals surface area (Å²) in [5.41, 5.74) is -1.89. The second-order valence-electron chi connectivity index (χ2n) is 9.57. The molecule has 2 rings (SSSR count). The smallest absolute Gasteiger partial charge is 0.430 e. The van der Waals surface area contributed by atoms with Gasteiger partial charge in [0.05, 0.1) is 6.61 Å². The van der Waals surface area contributed by atoms with Gasteiger partial charge in [-0.25, -0.2) is 0 Å². The molecule has 3 nitrogen and oxygen atoms in total. The Kier molecular flexibility index (Phi) is 10.5. The molecule has 2 N–H and O–H groups in total. The Morgan fingerprint density at radius 1 is 0.789 bits per heavy atom. The zero-order valence-corrected chi connectivity index (χ0v) is 22.1. The summed E-state index contributed by atoms with van der Waals surface area (Å²) >= 11 is 0. The van der Waals surface area contributed by atoms with E-state index in [1.54, 1.807) is 19.1 Å². The third-order valence-electron chi connectivity index (χ3n) is 7.19. The zero-order valence-electron chi connectivity index (χ0n) is 22.1. The molecule has 2 aromatic carbocycles. The number of halogens is 6. The maximum Gasteiger partial charge on any atom is 0.430 e. The third kappa shape index (κ3) is 6.72. The predicted molar refractivity (Wildman–Crippen MR) is 136 cm³/mol. The number of unbranched alkanes of at least 4 members (excludes halogenated alkanes) is 2. The van der Waals surface area contributed by atoms with Crippen LogP contribution in [0.5, 0.6) is 5.75 Å². The lowest BCUT2D eigenvalue weighted by molar-refractivity contribution is -0.347. The SMILES string of the molecule is CCC(CC)(c1ccc(/C=C/C(O)(C(F)(F)F)C(F)(F)F)c(C)c1)c1ccc(OCCCCCO)c(C)c1. The number of alkyl halides is 6. The lowest BCUT2D eigenvalue weighted by atomic mass is 9.70. The fraction of sp³-hybridized carbons (Fsp3) is 0.517. The van der Waals surface area contributed by atoms with Gasteiger partial charge in [0.15, 0.2) is 0 Å². The Labute approximate surface area is 220 Å². The van der Waals surface area contributed by atoms with Crippen molar-refractivity contribution in [3.05, 3.63) is 70.3 Å². The quantitative estimate of drug-likeness (QED) is 0.211. The second kappa shape index (κ2) is 12.6. The molecule has 0 heterocycles. The first kappa shape index (κ1) is 31.7. The van der Waals surface area contributed by atoms with Crippen molar-refractivity contribution >= 4 is 6.08 Å². The normalized spacial score (nSPS) is 13.4. The molecule has 0 atom stereocenters. The Bertz CT molecular complexity index is 1070. The van der Waals surface area contributed by atoms with Crippen LogP contribution in [-0.4, -0.2) is 41.4 Å². The molecule has 0 aliphatic carbocycles. The van der Waals surface area contributed by atoms with E-state index in [0.717, 1.165) is 41.7 Å². The van der Waals surface area contributed by atoms with Gasteiger partial charge >= 0.3 is 12.4 Å². The molecule has 0 aliphatic rings. The van der Waals surface area contributed by atoms with Gasteiger partial charge in [0, 0.05) is 12.0 Å². The highest BCUT2D eigenvalue weighted by atomic mass is 19.4. The van der Waals surface area contributed by atoms with Crippen molar-refractivity contribution in [1.82, 2.24) is 0 Å². The summed E-state index contributed by atoms with van der Waals surface area (Å²) in [6.45, 7) is 8.31. The minimum absolute atomic E-state index is 0.142. The summed E-state index contributed by atoms with van der Waals surface area (Å²) in [7, 11) is 0. The van der Waals surface area contributed by atoms with Crippen LogP contribution in [-0.2, 0) is 5.41 Å². The molecule has 2 aromatic rings. The molecule has 9 heteroatoms. The van der Waals surface area contributed by atoms with Gasteiger partial charge < -0.3 is 14.9 Å². The van der Waals surface area contributed by atoms with Gasteiger partial charge in [-0.1, -0.05) is 50.3 Å². The fourth-order valence-electron chi connectivity index (χ4n) is 4.64. The molecule has 0 aromatic heterocycles. The second-order valence-corrected chi connectivity index (χ2v) is 9.57. The number of benzene rings is 2. The number of aliphatic hydroxyl groups excluding tert-OH is 1. The Morgan fingerprint density at radius 3 is 1.82 bits per heavy atom. The van der Waals surface area contributed by atoms with Crippen LogP contribution >= 0.6 is 0 Å². The fourth-order valence-corrected chi connectivity index (χ4v) is 4.64. The molecule has 212 valence electrons. The van der Waals surface area contributed by atoms with E-state index in [1.165, 1.54) is 6.07 Å². The van der Waals surface area contributed by atoms with E-state index in [1.807, 2.05) is 39.0 Å². The van der Waals surface area contributed by atoms with Crippen LogP contribution < -0.4 is 4.74 Å². The van der Waals surface area contributed by atoms with Crippen LogP contribution in [0.1, 0.15) is 73.8 Å². The monoisotopic (exact) mass is 546 g/mol. The van der Waals surface area contributed by atoms with E-state index < -0.39 is 23.4 Å². The molecule has 0 saturated carbocycles. The summed E-state index contributed by atoms with van der Waals surface area (Å²) in [6.07, 6.45) is -7.55. The highest BCUT2D eigenvalue weighted by Gasteiger charge is 2.68. The molecule has 0 saturated heterocycles. The average molecular weight is 547 g/mol. The lowest BCUT2D eigenvalue weighted by Gasteiger charge is -2.34. The first-order chi connectivity index (χ1) is 17.7. The van der Waals surface area contributed by atoms with Gasteiger partial charge in [-0.15, -0.1) is 0 Å². The molecule has 0 spiro atoms. The Balaban J connectivity index is 2.39. The van der Waals surface area contributed by atoms with Crippen LogP contribution in [0.2, 0.25) is 0 Å². The van der Waals surface area contributed by atoms with Crippen molar-refractivity contribution in [2.75, 3.05) is 13.2 Å². The van der Waals surface area contributed by atoms with Crippen molar-refractivity contribution in [2.24, 2.45) is 0 Å². The number of ether oxygens (including phenoxy) is 1. The van der Waals surface area contributed by atoms with E-state index in [2.05, 4.69) is 0 Å². The maximum atomic E-state index is 13.0. The highest BCUT2D eigenvalue weighted by Crippen LogP contribution is 2.45. The van der Waals surface area contributed by atoms with Gasteiger partial charge in [0.2, 0.25) is 0 Å². The largest absolute Gasteiger partial charge is 0.493 e. The highest BCUT2D eigenvalue weighted by molar-refractivity contribution is 5.57. The standard InChI is InChI=1S/C29H36F6O3/c1-5-26(6-2,24-12-13-25(21(4)19-24)38-17-9-7-8-16-36)23-11-10-22(20(3)18-23)14-15-27(37,28(30,31)32)29(33,34)35/h10-15,18-19,36-37H,5-9,16-17H2,1-4H3/b15-14+. The Morgan fingerprint density at radius 2 is 1.34 bits per heavy atom. The van der Waals surface area contributed by atoms with E-state index >= 15 is 0 Å². The molecular weight excluding hydrogens is 510 g/mol. The zero-order chi connectivity index (χ0) is 28.8. The summed E-state index contributed by atoms with van der Waals surface area (Å²) in [5, 5.41) is 18.3. The van der Waals surface area contributed by atoms with Crippen LogP contribution in [0.25, 0.3) is 6.08 Å². The third-order valence-corrected chi connectivity index (χ3v) is 7.19. The molecular formula is C29H36F6O3. The first-order valence-electron chi connectivity index (χ1n) is 12.7. The summed E-state index contributed by atoms with van der Waals surface area (Å²) in [6, 6.07) is 10.9. The maximum absolute atomic E-state index is 13.0. The van der Waals surface area contributed by atoms with E-state index in [4.69, 9.17) is 9.84 Å². The van der Waals surface area contributed by atoms with Gasteiger partial charge in [-0.2, -0.15) is 26.3 Å². The minimum atomic E-state index is -5.91. The molecule has 0 aliphatic heterocycles. The van der Waals surface area contributed by atoms with Crippen LogP contribution in [0.3, 0.4) is 0 Å². The summed E-state index contributed by atoms with van der Waals surface area (Å²) < 4.78 is 84.1. The van der Waals surface area contributed by atoms with Crippen molar-refractivity contribution in [3.63, 3.8) is 0 Å². The topological polar surface area (TPSA) is 49.7 Å². The number of aliphatic hydroxyl groups is 2. The molecule has 38 heavy (non-hydrogen) atoms. The minimum Gasteiger partial charge on any atom is -0.493 e. The number of hydrogen-bond donors (Lipinski definition) is 2. The van der Waals surface area contributed by atoms with Gasteiger partial charge in [-0.05, 0) is 85.9 Å². The lowest BCUT2D eigenvalue weighted by Crippen LogP contribution is -2.55. The molecule has 0 unspecified atom stereocenters. The van der Waals surface area contributed by atoms with Crippen molar-refractivity contribution in [3.8, 4) is 5.75 Å². The molecule has 0 bridgehead atoms. The van der Waals surface area contributed by atoms with Crippen LogP contribution in [0, 0.1) is 13.8 Å². The van der Waals surface area contributed by atoms with Crippen molar-refractivity contribution < 1.29 is 41.3 Å². The van der Waals surface area contributed by atoms with Gasteiger partial charge in [0.25, 0.3) is 5.60 Å². The van der Waals surface area contributed by atoms with Crippen molar-refractivity contribution in [1.29, 1.82) is 0 Å². The Hall–Kier alpha value is -2.52. The summed E-state index contributed by atoms with van der Waals surface area (Å²) in [4.78, 5) is 0. The van der Waals surface area contributed by atoms with Gasteiger partial charge in [-0.3, -0.25) is 0 Å². The van der Waals surface area contributed by atoms with Crippen molar-refractivity contribution in [2.45, 2.75) is 83.2 Å². The molecule has 0 amide bonds. The summed E-state index contributed by atoms with van der Waals surface area (Å²) in [5.74, 6) is 0.761. The van der Waals surface area contributed by atoms with E-state index in [0.29, 0.717) is 31.1 Å². The van der Waals surface area contributed by atoms with Crippen LogP contribution in [0.4, 0.5) is 26.3 Å². The van der Waals surface area contributed by atoms with Crippen LogP contribution in [0.15, 0.2) is 42.5 Å². The number of aryl methyl sites for hydroxylation is 2.